The van der Waals surface area contributed by atoms with Gasteiger partial charge in [-0.2, -0.15) is 0 Å². The van der Waals surface area contributed by atoms with Gasteiger partial charge in [0.25, 0.3) is 0 Å². The lowest BCUT2D eigenvalue weighted by atomic mass is 9.79. The van der Waals surface area contributed by atoms with Crippen molar-refractivity contribution in [3.63, 3.8) is 0 Å². The first-order valence-electron chi connectivity index (χ1n) is 4.26. The first-order chi connectivity index (χ1) is 4.93. The SMILES string of the molecule is CC(C)=C[C@H]1[C@@H](C)OC1(C)C. The van der Waals surface area contributed by atoms with Crippen LogP contribution in [0.4, 0.5) is 0 Å². The van der Waals surface area contributed by atoms with E-state index in [2.05, 4.69) is 40.7 Å². The van der Waals surface area contributed by atoms with E-state index in [1.54, 1.807) is 0 Å². The predicted octanol–water partition coefficient (Wildman–Crippen LogP) is 2.77. The van der Waals surface area contributed by atoms with Gasteiger partial charge in [-0.25, -0.2) is 0 Å². The summed E-state index contributed by atoms with van der Waals surface area (Å²) in [5.41, 5.74) is 1.45. The van der Waals surface area contributed by atoms with Gasteiger partial charge in [-0.3, -0.25) is 0 Å². The molecule has 11 heavy (non-hydrogen) atoms. The van der Waals surface area contributed by atoms with E-state index in [1.807, 2.05) is 0 Å². The van der Waals surface area contributed by atoms with Gasteiger partial charge >= 0.3 is 0 Å². The van der Waals surface area contributed by atoms with Gasteiger partial charge in [-0.15, -0.1) is 0 Å². The molecule has 0 saturated carbocycles. The summed E-state index contributed by atoms with van der Waals surface area (Å²) in [6, 6.07) is 0. The zero-order valence-electron chi connectivity index (χ0n) is 8.14. The van der Waals surface area contributed by atoms with E-state index in [-0.39, 0.29) is 5.60 Å². The molecule has 0 aliphatic carbocycles. The summed E-state index contributed by atoms with van der Waals surface area (Å²) in [6.45, 7) is 10.7. The molecule has 0 bridgehead atoms. The predicted molar refractivity (Wildman–Crippen MR) is 47.5 cm³/mol. The first-order valence-corrected chi connectivity index (χ1v) is 4.26. The summed E-state index contributed by atoms with van der Waals surface area (Å²) in [7, 11) is 0. The van der Waals surface area contributed by atoms with Crippen molar-refractivity contribution in [1.29, 1.82) is 0 Å². The molecule has 0 aromatic carbocycles. The molecule has 0 N–H and O–H groups in total. The van der Waals surface area contributed by atoms with Crippen molar-refractivity contribution in [2.24, 2.45) is 5.92 Å². The van der Waals surface area contributed by atoms with Crippen LogP contribution in [0.3, 0.4) is 0 Å². The minimum absolute atomic E-state index is 0.0662. The van der Waals surface area contributed by atoms with Gasteiger partial charge < -0.3 is 4.74 Å². The van der Waals surface area contributed by atoms with E-state index in [4.69, 9.17) is 4.74 Å². The zero-order valence-corrected chi connectivity index (χ0v) is 8.14. The number of rotatable bonds is 1. The fourth-order valence-electron chi connectivity index (χ4n) is 1.82. The molecule has 0 unspecified atom stereocenters. The van der Waals surface area contributed by atoms with Crippen LogP contribution in [0.1, 0.15) is 34.6 Å². The molecule has 1 heteroatoms. The highest BCUT2D eigenvalue weighted by molar-refractivity contribution is 5.09. The van der Waals surface area contributed by atoms with Crippen molar-refractivity contribution in [2.45, 2.75) is 46.3 Å². The average Bonchev–Trinajstić information content (AvgIpc) is 1.82. The molecule has 0 spiro atoms. The Labute approximate surface area is 69.4 Å². The lowest BCUT2D eigenvalue weighted by Gasteiger charge is -2.49. The highest BCUT2D eigenvalue weighted by Gasteiger charge is 2.44. The summed E-state index contributed by atoms with van der Waals surface area (Å²) in [5.74, 6) is 0.604. The van der Waals surface area contributed by atoms with Gasteiger partial charge in [0.2, 0.25) is 0 Å². The second-order valence-electron chi connectivity index (χ2n) is 4.20. The number of hydrogen-bond donors (Lipinski definition) is 0. The van der Waals surface area contributed by atoms with Crippen LogP contribution in [-0.4, -0.2) is 11.7 Å². The largest absolute Gasteiger partial charge is 0.371 e. The molecule has 0 amide bonds. The minimum Gasteiger partial charge on any atom is -0.371 e. The molecule has 1 aliphatic rings. The highest BCUT2D eigenvalue weighted by atomic mass is 16.5. The van der Waals surface area contributed by atoms with E-state index in [0.717, 1.165) is 0 Å². The molecule has 0 aromatic rings. The van der Waals surface area contributed by atoms with Gasteiger partial charge in [0.15, 0.2) is 0 Å². The molecular formula is C10H18O. The van der Waals surface area contributed by atoms with E-state index in [0.29, 0.717) is 12.0 Å². The van der Waals surface area contributed by atoms with Gasteiger partial charge in [0.05, 0.1) is 11.7 Å². The summed E-state index contributed by atoms with van der Waals surface area (Å²) >= 11 is 0. The average molecular weight is 154 g/mol. The summed E-state index contributed by atoms with van der Waals surface area (Å²) in [4.78, 5) is 0. The van der Waals surface area contributed by atoms with Gasteiger partial charge in [0.1, 0.15) is 0 Å². The molecule has 2 atom stereocenters. The maximum Gasteiger partial charge on any atom is 0.0717 e. The molecule has 64 valence electrons. The third-order valence-electron chi connectivity index (χ3n) is 2.31. The third kappa shape index (κ3) is 1.64. The molecule has 1 rings (SSSR count). The Kier molecular flexibility index (Phi) is 2.10. The third-order valence-corrected chi connectivity index (χ3v) is 2.31. The van der Waals surface area contributed by atoms with Crippen LogP contribution in [0.2, 0.25) is 0 Å². The van der Waals surface area contributed by atoms with Crippen LogP contribution in [-0.2, 0) is 4.74 Å². The van der Waals surface area contributed by atoms with Crippen LogP contribution < -0.4 is 0 Å². The topological polar surface area (TPSA) is 9.23 Å². The van der Waals surface area contributed by atoms with E-state index >= 15 is 0 Å². The maximum absolute atomic E-state index is 5.60. The van der Waals surface area contributed by atoms with Crippen LogP contribution in [0, 0.1) is 5.92 Å². The van der Waals surface area contributed by atoms with E-state index < -0.39 is 0 Å². The van der Waals surface area contributed by atoms with Crippen molar-refractivity contribution in [2.75, 3.05) is 0 Å². The molecule has 1 fully saturated rings. The lowest BCUT2D eigenvalue weighted by Crippen LogP contribution is -2.53. The van der Waals surface area contributed by atoms with Crippen molar-refractivity contribution >= 4 is 0 Å². The Morgan fingerprint density at radius 1 is 1.36 bits per heavy atom. The Bertz CT molecular complexity index is 175. The molecule has 1 nitrogen and oxygen atoms in total. The first kappa shape index (κ1) is 8.79. The van der Waals surface area contributed by atoms with Crippen molar-refractivity contribution < 1.29 is 4.74 Å². The van der Waals surface area contributed by atoms with E-state index in [9.17, 15) is 0 Å². The zero-order chi connectivity index (χ0) is 8.65. The standard InChI is InChI=1S/C10H18O/c1-7(2)6-9-8(3)11-10(9,4)5/h6,8-9H,1-5H3/t8-,9+/m1/s1. The smallest absolute Gasteiger partial charge is 0.0717 e. The molecule has 1 aliphatic heterocycles. The summed E-state index contributed by atoms with van der Waals surface area (Å²) < 4.78 is 5.60. The molecule has 1 saturated heterocycles. The Hall–Kier alpha value is -0.300. The van der Waals surface area contributed by atoms with Gasteiger partial charge in [-0.1, -0.05) is 11.6 Å². The number of hydrogen-bond acceptors (Lipinski definition) is 1. The van der Waals surface area contributed by atoms with Gasteiger partial charge in [-0.05, 0) is 34.6 Å². The summed E-state index contributed by atoms with van der Waals surface area (Å²) in [6.07, 6.45) is 2.72. The van der Waals surface area contributed by atoms with Crippen molar-refractivity contribution in [3.05, 3.63) is 11.6 Å². The number of ether oxygens (including phenoxy) is 1. The van der Waals surface area contributed by atoms with Crippen LogP contribution >= 0.6 is 0 Å². The maximum atomic E-state index is 5.60. The quantitative estimate of drug-likeness (QED) is 0.528. The van der Waals surface area contributed by atoms with Crippen LogP contribution in [0.5, 0.6) is 0 Å². The van der Waals surface area contributed by atoms with Crippen molar-refractivity contribution in [3.8, 4) is 0 Å². The van der Waals surface area contributed by atoms with E-state index in [1.165, 1.54) is 5.57 Å². The highest BCUT2D eigenvalue weighted by Crippen LogP contribution is 2.39. The normalized spacial score (nSPS) is 34.3. The Balaban J connectivity index is 2.64. The van der Waals surface area contributed by atoms with Gasteiger partial charge in [0, 0.05) is 5.92 Å². The molecular weight excluding hydrogens is 136 g/mol. The minimum atomic E-state index is 0.0662. The molecule has 1 heterocycles. The fourth-order valence-corrected chi connectivity index (χ4v) is 1.82. The lowest BCUT2D eigenvalue weighted by molar-refractivity contribution is -0.215. The van der Waals surface area contributed by atoms with Crippen LogP contribution in [0.25, 0.3) is 0 Å². The molecule has 0 aromatic heterocycles. The second-order valence-corrected chi connectivity index (χ2v) is 4.20. The monoisotopic (exact) mass is 154 g/mol. The van der Waals surface area contributed by atoms with Crippen LogP contribution in [0.15, 0.2) is 11.6 Å². The van der Waals surface area contributed by atoms with Crippen molar-refractivity contribution in [1.82, 2.24) is 0 Å². The molecule has 0 radical (unpaired) electrons. The summed E-state index contributed by atoms with van der Waals surface area (Å²) in [5, 5.41) is 0. The number of allylic oxidation sites excluding steroid dienone is 1. The second kappa shape index (κ2) is 2.63. The Morgan fingerprint density at radius 3 is 2.09 bits per heavy atom. The fraction of sp³-hybridized carbons (Fsp3) is 0.800. The Morgan fingerprint density at radius 2 is 1.91 bits per heavy atom.